The van der Waals surface area contributed by atoms with Gasteiger partial charge in [-0.25, -0.2) is 0 Å². The van der Waals surface area contributed by atoms with Gasteiger partial charge in [-0.3, -0.25) is 4.98 Å². The number of anilines is 1. The zero-order valence-corrected chi connectivity index (χ0v) is 18.5. The minimum Gasteiger partial charge on any atom is -0.398 e. The minimum atomic E-state index is -0.450. The molecule has 33 heavy (non-hydrogen) atoms. The summed E-state index contributed by atoms with van der Waals surface area (Å²) in [5.41, 5.74) is 18.0. The van der Waals surface area contributed by atoms with Crippen LogP contribution in [0, 0.1) is 6.92 Å². The molecule has 0 bridgehead atoms. The number of nitrogen functional groups attached to an aromatic ring is 1. The molecule has 1 aliphatic rings. The van der Waals surface area contributed by atoms with Crippen molar-refractivity contribution in [1.82, 2.24) is 4.98 Å². The Hall–Kier alpha value is -4.17. The van der Waals surface area contributed by atoms with E-state index in [1.807, 2.05) is 12.4 Å². The van der Waals surface area contributed by atoms with Crippen LogP contribution in [-0.2, 0) is 5.41 Å². The van der Waals surface area contributed by atoms with Crippen molar-refractivity contribution in [1.29, 1.82) is 0 Å². The lowest BCUT2D eigenvalue weighted by atomic mass is 9.68. The number of hydrogen-bond acceptors (Lipinski definition) is 2. The molecule has 2 heteroatoms. The average molecular weight is 425 g/mol. The summed E-state index contributed by atoms with van der Waals surface area (Å²) in [6.07, 6.45) is 3.76. The molecule has 4 aromatic carbocycles. The van der Waals surface area contributed by atoms with E-state index < -0.39 is 5.41 Å². The van der Waals surface area contributed by atoms with E-state index in [0.29, 0.717) is 0 Å². The summed E-state index contributed by atoms with van der Waals surface area (Å²) in [7, 11) is 0. The second-order valence-electron chi connectivity index (χ2n) is 8.70. The predicted molar refractivity (Wildman–Crippen MR) is 136 cm³/mol. The van der Waals surface area contributed by atoms with Crippen molar-refractivity contribution >= 4 is 5.69 Å². The van der Waals surface area contributed by atoms with Crippen molar-refractivity contribution in [3.05, 3.63) is 143 Å². The van der Waals surface area contributed by atoms with Gasteiger partial charge in [-0.1, -0.05) is 78.9 Å². The maximum Gasteiger partial charge on any atom is 0.0715 e. The lowest BCUT2D eigenvalue weighted by Crippen LogP contribution is -2.28. The zero-order valence-electron chi connectivity index (χ0n) is 18.5. The lowest BCUT2D eigenvalue weighted by Gasteiger charge is -2.34. The van der Waals surface area contributed by atoms with Gasteiger partial charge in [0.15, 0.2) is 0 Å². The molecule has 1 atom stereocenters. The summed E-state index contributed by atoms with van der Waals surface area (Å²) in [5.74, 6) is 0. The zero-order chi connectivity index (χ0) is 22.4. The van der Waals surface area contributed by atoms with Crippen LogP contribution < -0.4 is 5.73 Å². The van der Waals surface area contributed by atoms with Gasteiger partial charge in [0, 0.05) is 23.6 Å². The number of nitrogens with zero attached hydrogens (tertiary/aromatic N) is 1. The van der Waals surface area contributed by atoms with E-state index >= 15 is 0 Å². The molecule has 0 aliphatic heterocycles. The predicted octanol–water partition coefficient (Wildman–Crippen LogP) is 7.00. The third-order valence-electron chi connectivity index (χ3n) is 6.97. The highest BCUT2D eigenvalue weighted by molar-refractivity contribution is 5.93. The summed E-state index contributed by atoms with van der Waals surface area (Å²) < 4.78 is 0. The van der Waals surface area contributed by atoms with E-state index in [-0.39, 0.29) is 0 Å². The molecule has 1 heterocycles. The largest absolute Gasteiger partial charge is 0.398 e. The first-order valence-corrected chi connectivity index (χ1v) is 11.3. The normalized spacial score (nSPS) is 16.3. The molecule has 5 aromatic rings. The average Bonchev–Trinajstić information content (AvgIpc) is 3.15. The summed E-state index contributed by atoms with van der Waals surface area (Å²) in [5, 5.41) is 0. The number of aromatic nitrogens is 1. The van der Waals surface area contributed by atoms with Crippen molar-refractivity contribution in [2.45, 2.75) is 12.3 Å². The van der Waals surface area contributed by atoms with E-state index in [9.17, 15) is 0 Å². The van der Waals surface area contributed by atoms with Gasteiger partial charge in [0.1, 0.15) is 0 Å². The van der Waals surface area contributed by atoms with E-state index in [2.05, 4.69) is 115 Å². The molecule has 0 amide bonds. The summed E-state index contributed by atoms with van der Waals surface area (Å²) in [6, 6.07) is 36.7. The van der Waals surface area contributed by atoms with Crippen LogP contribution in [0.15, 0.2) is 116 Å². The van der Waals surface area contributed by atoms with Gasteiger partial charge in [-0.2, -0.15) is 0 Å². The third-order valence-corrected chi connectivity index (χ3v) is 6.97. The third kappa shape index (κ3) is 2.77. The Morgan fingerprint density at radius 2 is 1.21 bits per heavy atom. The fourth-order valence-electron chi connectivity index (χ4n) is 5.53. The van der Waals surface area contributed by atoms with Crippen LogP contribution >= 0.6 is 0 Å². The van der Waals surface area contributed by atoms with Crippen LogP contribution in [-0.4, -0.2) is 4.98 Å². The van der Waals surface area contributed by atoms with Crippen molar-refractivity contribution in [3.63, 3.8) is 0 Å². The smallest absolute Gasteiger partial charge is 0.0715 e. The molecule has 0 spiro atoms. The highest BCUT2D eigenvalue weighted by Crippen LogP contribution is 2.57. The molecule has 1 aromatic heterocycles. The molecular weight excluding hydrogens is 400 g/mol. The van der Waals surface area contributed by atoms with Crippen LogP contribution in [0.5, 0.6) is 0 Å². The Morgan fingerprint density at radius 1 is 0.576 bits per heavy atom. The van der Waals surface area contributed by atoms with Crippen LogP contribution in [0.25, 0.3) is 22.3 Å². The van der Waals surface area contributed by atoms with Crippen molar-refractivity contribution in [3.8, 4) is 22.3 Å². The fourth-order valence-corrected chi connectivity index (χ4v) is 5.53. The van der Waals surface area contributed by atoms with Crippen molar-refractivity contribution in [2.24, 2.45) is 0 Å². The van der Waals surface area contributed by atoms with Gasteiger partial charge < -0.3 is 5.73 Å². The summed E-state index contributed by atoms with van der Waals surface area (Å²) in [4.78, 5) is 4.31. The van der Waals surface area contributed by atoms with Crippen LogP contribution in [0.2, 0.25) is 0 Å². The van der Waals surface area contributed by atoms with Gasteiger partial charge in [-0.05, 0) is 75.7 Å². The lowest BCUT2D eigenvalue weighted by molar-refractivity contribution is 0.766. The topological polar surface area (TPSA) is 38.9 Å². The molecule has 1 unspecified atom stereocenters. The second-order valence-corrected chi connectivity index (χ2v) is 8.70. The minimum absolute atomic E-state index is 0.450. The van der Waals surface area contributed by atoms with E-state index in [1.54, 1.807) is 0 Å². The van der Waals surface area contributed by atoms with Gasteiger partial charge >= 0.3 is 0 Å². The number of rotatable bonds is 3. The molecule has 1 aliphatic carbocycles. The maximum absolute atomic E-state index is 6.79. The molecule has 0 radical (unpaired) electrons. The highest BCUT2D eigenvalue weighted by atomic mass is 14.6. The number of nitrogens with two attached hydrogens (primary N) is 1. The standard InChI is InChI=1S/C31H24N2/c1-21-9-5-6-12-24(21)27-19-26-25-13-7-8-14-28(25)31(29(26)20-30(27)32,22-10-3-2-4-11-22)23-15-17-33-18-16-23/h2-20H,32H2,1H3. The van der Waals surface area contributed by atoms with Crippen molar-refractivity contribution < 1.29 is 0 Å². The van der Waals surface area contributed by atoms with Gasteiger partial charge in [0.2, 0.25) is 0 Å². The first kappa shape index (κ1) is 19.5. The van der Waals surface area contributed by atoms with E-state index in [1.165, 1.54) is 44.5 Å². The Bertz CT molecular complexity index is 1430. The second kappa shape index (κ2) is 7.46. The first-order chi connectivity index (χ1) is 16.2. The van der Waals surface area contributed by atoms with E-state index in [0.717, 1.165) is 11.3 Å². The molecule has 0 fully saturated rings. The van der Waals surface area contributed by atoms with Crippen LogP contribution in [0.4, 0.5) is 5.69 Å². The van der Waals surface area contributed by atoms with Crippen LogP contribution in [0.3, 0.4) is 0 Å². The number of benzene rings is 4. The molecule has 2 N–H and O–H groups in total. The number of fused-ring (bicyclic) bond motifs is 3. The first-order valence-electron chi connectivity index (χ1n) is 11.3. The molecular formula is C31H24N2. The number of aryl methyl sites for hydroxylation is 1. The van der Waals surface area contributed by atoms with E-state index in [4.69, 9.17) is 5.73 Å². The number of pyridine rings is 1. The monoisotopic (exact) mass is 424 g/mol. The Morgan fingerprint density at radius 3 is 1.97 bits per heavy atom. The SMILES string of the molecule is Cc1ccccc1-c1cc2c(cc1N)C(c1ccccc1)(c1ccncc1)c1ccccc1-2. The summed E-state index contributed by atoms with van der Waals surface area (Å²) >= 11 is 0. The molecule has 158 valence electrons. The number of hydrogen-bond donors (Lipinski definition) is 1. The Balaban J connectivity index is 1.75. The van der Waals surface area contributed by atoms with Gasteiger partial charge in [0.25, 0.3) is 0 Å². The molecule has 2 nitrogen and oxygen atoms in total. The van der Waals surface area contributed by atoms with Gasteiger partial charge in [0.05, 0.1) is 5.41 Å². The van der Waals surface area contributed by atoms with Crippen molar-refractivity contribution in [2.75, 3.05) is 5.73 Å². The summed E-state index contributed by atoms with van der Waals surface area (Å²) in [6.45, 7) is 2.14. The highest BCUT2D eigenvalue weighted by Gasteiger charge is 2.46. The molecule has 0 saturated carbocycles. The quantitative estimate of drug-likeness (QED) is 0.311. The van der Waals surface area contributed by atoms with Crippen LogP contribution in [0.1, 0.15) is 27.8 Å². The Labute approximate surface area is 194 Å². The fraction of sp³-hybridized carbons (Fsp3) is 0.0645. The maximum atomic E-state index is 6.79. The molecule has 0 saturated heterocycles. The van der Waals surface area contributed by atoms with Gasteiger partial charge in [-0.15, -0.1) is 0 Å². The Kier molecular flexibility index (Phi) is 4.41. The molecule has 6 rings (SSSR count).